The molecule has 0 radical (unpaired) electrons. The van der Waals surface area contributed by atoms with Crippen LogP contribution in [0.25, 0.3) is 0 Å². The van der Waals surface area contributed by atoms with Crippen LogP contribution < -0.4 is 5.73 Å². The van der Waals surface area contributed by atoms with Gasteiger partial charge in [0.25, 0.3) is 0 Å². The summed E-state index contributed by atoms with van der Waals surface area (Å²) >= 11 is 0. The highest BCUT2D eigenvalue weighted by atomic mass is 16.2. The Hall–Kier alpha value is -1.35. The third kappa shape index (κ3) is 1.09. The number of benzene rings is 1. The number of carbonyl (C=O) groups is 1. The van der Waals surface area contributed by atoms with E-state index < -0.39 is 0 Å². The molecule has 0 saturated carbocycles. The van der Waals surface area contributed by atoms with E-state index in [4.69, 9.17) is 5.73 Å². The molecule has 0 aromatic heterocycles. The fraction of sp³-hybridized carbons (Fsp3) is 0.462. The number of nitrogens with two attached hydrogens (primary N) is 1. The molecule has 0 spiro atoms. The first-order valence-corrected chi connectivity index (χ1v) is 5.87. The maximum Gasteiger partial charge on any atom is 0.223 e. The molecule has 3 heteroatoms. The molecular formula is C13H16N2O. The van der Waals surface area contributed by atoms with E-state index in [0.29, 0.717) is 13.0 Å². The number of nitrogens with zero attached hydrogens (tertiary/aromatic N) is 1. The standard InChI is InChI=1S/C13H16N2O/c14-9-13-7-5-12(16)15(13)8-6-10-3-1-2-4-11(10)13/h1-4H,5-9,14H2. The minimum absolute atomic E-state index is 0.202. The quantitative estimate of drug-likeness (QED) is 0.761. The molecule has 84 valence electrons. The molecule has 2 aliphatic heterocycles. The van der Waals surface area contributed by atoms with Crippen molar-refractivity contribution in [3.8, 4) is 0 Å². The fourth-order valence-corrected chi connectivity index (χ4v) is 3.19. The molecule has 1 aromatic carbocycles. The predicted octanol–water partition coefficient (Wildman–Crippen LogP) is 1.02. The van der Waals surface area contributed by atoms with E-state index in [0.717, 1.165) is 19.4 Å². The highest BCUT2D eigenvalue weighted by Crippen LogP contribution is 2.43. The Kier molecular flexibility index (Phi) is 2.04. The summed E-state index contributed by atoms with van der Waals surface area (Å²) in [5.74, 6) is 0.264. The van der Waals surface area contributed by atoms with Crippen molar-refractivity contribution >= 4 is 5.91 Å². The average molecular weight is 216 g/mol. The molecule has 1 unspecified atom stereocenters. The van der Waals surface area contributed by atoms with Crippen LogP contribution in [-0.4, -0.2) is 23.9 Å². The molecule has 3 rings (SSSR count). The number of fused-ring (bicyclic) bond motifs is 3. The molecule has 1 aromatic rings. The Labute approximate surface area is 95.2 Å². The molecule has 1 saturated heterocycles. The zero-order chi connectivity index (χ0) is 11.2. The van der Waals surface area contributed by atoms with Gasteiger partial charge in [-0.25, -0.2) is 0 Å². The molecule has 16 heavy (non-hydrogen) atoms. The van der Waals surface area contributed by atoms with E-state index in [9.17, 15) is 4.79 Å². The first kappa shape index (κ1) is 9.85. The molecule has 2 aliphatic rings. The van der Waals surface area contributed by atoms with E-state index in [1.807, 2.05) is 11.0 Å². The second-order valence-electron chi connectivity index (χ2n) is 4.69. The number of carbonyl (C=O) groups excluding carboxylic acids is 1. The van der Waals surface area contributed by atoms with Crippen LogP contribution in [0.5, 0.6) is 0 Å². The van der Waals surface area contributed by atoms with Crippen LogP contribution in [0.3, 0.4) is 0 Å². The minimum Gasteiger partial charge on any atom is -0.331 e. The molecule has 1 fully saturated rings. The van der Waals surface area contributed by atoms with E-state index >= 15 is 0 Å². The summed E-state index contributed by atoms with van der Waals surface area (Å²) in [4.78, 5) is 13.8. The third-order valence-corrected chi connectivity index (χ3v) is 4.03. The van der Waals surface area contributed by atoms with Crippen molar-refractivity contribution in [2.24, 2.45) is 5.73 Å². The number of hydrogen-bond acceptors (Lipinski definition) is 2. The lowest BCUT2D eigenvalue weighted by atomic mass is 9.80. The minimum atomic E-state index is -0.202. The fourth-order valence-electron chi connectivity index (χ4n) is 3.19. The summed E-state index contributed by atoms with van der Waals surface area (Å²) in [5, 5.41) is 0. The van der Waals surface area contributed by atoms with Crippen molar-refractivity contribution in [3.05, 3.63) is 35.4 Å². The summed E-state index contributed by atoms with van der Waals surface area (Å²) in [7, 11) is 0. The first-order valence-electron chi connectivity index (χ1n) is 5.87. The molecule has 0 bridgehead atoms. The second kappa shape index (κ2) is 3.32. The lowest BCUT2D eigenvalue weighted by Gasteiger charge is -2.43. The van der Waals surface area contributed by atoms with Crippen molar-refractivity contribution in [2.75, 3.05) is 13.1 Å². The van der Waals surface area contributed by atoms with Crippen LogP contribution in [0, 0.1) is 0 Å². The van der Waals surface area contributed by atoms with Gasteiger partial charge in [0.2, 0.25) is 5.91 Å². The lowest BCUT2D eigenvalue weighted by Crippen LogP contribution is -2.52. The SMILES string of the molecule is NCC12CCC(=O)N1CCc1ccccc12. The zero-order valence-electron chi connectivity index (χ0n) is 9.28. The Morgan fingerprint density at radius 2 is 2.12 bits per heavy atom. The number of amides is 1. The monoisotopic (exact) mass is 216 g/mol. The van der Waals surface area contributed by atoms with Crippen molar-refractivity contribution in [1.29, 1.82) is 0 Å². The summed E-state index contributed by atoms with van der Waals surface area (Å²) in [6.07, 6.45) is 2.48. The predicted molar refractivity (Wildman–Crippen MR) is 61.8 cm³/mol. The van der Waals surface area contributed by atoms with Gasteiger partial charge in [-0.1, -0.05) is 24.3 Å². The Morgan fingerprint density at radius 3 is 2.94 bits per heavy atom. The summed E-state index contributed by atoms with van der Waals surface area (Å²) in [5.41, 5.74) is 8.39. The van der Waals surface area contributed by atoms with Crippen LogP contribution in [0.2, 0.25) is 0 Å². The first-order chi connectivity index (χ1) is 7.78. The number of rotatable bonds is 1. The smallest absolute Gasteiger partial charge is 0.223 e. The Morgan fingerprint density at radius 1 is 1.31 bits per heavy atom. The van der Waals surface area contributed by atoms with Gasteiger partial charge in [0.15, 0.2) is 0 Å². The van der Waals surface area contributed by atoms with E-state index in [-0.39, 0.29) is 11.4 Å². The Balaban J connectivity index is 2.17. The maximum atomic E-state index is 11.9. The molecule has 0 aliphatic carbocycles. The molecule has 1 atom stereocenters. The normalized spacial score (nSPS) is 27.8. The van der Waals surface area contributed by atoms with E-state index in [1.165, 1.54) is 11.1 Å². The van der Waals surface area contributed by atoms with Crippen LogP contribution in [0.1, 0.15) is 24.0 Å². The number of hydrogen-bond donors (Lipinski definition) is 1. The van der Waals surface area contributed by atoms with Crippen molar-refractivity contribution in [3.63, 3.8) is 0 Å². The van der Waals surface area contributed by atoms with E-state index in [1.54, 1.807) is 0 Å². The van der Waals surface area contributed by atoms with Gasteiger partial charge in [0, 0.05) is 19.5 Å². The lowest BCUT2D eigenvalue weighted by molar-refractivity contribution is -0.131. The van der Waals surface area contributed by atoms with Crippen molar-refractivity contribution in [2.45, 2.75) is 24.8 Å². The van der Waals surface area contributed by atoms with Gasteiger partial charge >= 0.3 is 0 Å². The van der Waals surface area contributed by atoms with Crippen LogP contribution in [0.4, 0.5) is 0 Å². The van der Waals surface area contributed by atoms with Gasteiger partial charge in [0.05, 0.1) is 5.54 Å². The van der Waals surface area contributed by atoms with Gasteiger partial charge in [-0.3, -0.25) is 4.79 Å². The topological polar surface area (TPSA) is 46.3 Å². The van der Waals surface area contributed by atoms with Crippen LogP contribution in [-0.2, 0) is 16.8 Å². The van der Waals surface area contributed by atoms with Gasteiger partial charge in [-0.2, -0.15) is 0 Å². The third-order valence-electron chi connectivity index (χ3n) is 4.03. The Bertz CT molecular complexity index is 443. The highest BCUT2D eigenvalue weighted by Gasteiger charge is 2.48. The molecule has 3 nitrogen and oxygen atoms in total. The highest BCUT2D eigenvalue weighted by molar-refractivity contribution is 5.81. The molecule has 2 N–H and O–H groups in total. The van der Waals surface area contributed by atoms with Crippen LogP contribution >= 0.6 is 0 Å². The summed E-state index contributed by atoms with van der Waals surface area (Å²) in [6.45, 7) is 1.36. The zero-order valence-corrected chi connectivity index (χ0v) is 9.28. The van der Waals surface area contributed by atoms with Crippen molar-refractivity contribution in [1.82, 2.24) is 4.90 Å². The second-order valence-corrected chi connectivity index (χ2v) is 4.69. The maximum absolute atomic E-state index is 11.9. The van der Waals surface area contributed by atoms with Crippen molar-refractivity contribution < 1.29 is 4.79 Å². The van der Waals surface area contributed by atoms with Gasteiger partial charge in [0.1, 0.15) is 0 Å². The van der Waals surface area contributed by atoms with E-state index in [2.05, 4.69) is 18.2 Å². The molecular weight excluding hydrogens is 200 g/mol. The largest absolute Gasteiger partial charge is 0.331 e. The van der Waals surface area contributed by atoms with Gasteiger partial charge < -0.3 is 10.6 Å². The van der Waals surface area contributed by atoms with Gasteiger partial charge in [-0.15, -0.1) is 0 Å². The average Bonchev–Trinajstić information content (AvgIpc) is 2.68. The van der Waals surface area contributed by atoms with Gasteiger partial charge in [-0.05, 0) is 24.0 Å². The molecule has 2 heterocycles. The summed E-state index contributed by atoms with van der Waals surface area (Å²) in [6, 6.07) is 8.40. The molecule has 1 amide bonds. The summed E-state index contributed by atoms with van der Waals surface area (Å²) < 4.78 is 0. The van der Waals surface area contributed by atoms with Crippen LogP contribution in [0.15, 0.2) is 24.3 Å².